The van der Waals surface area contributed by atoms with Crippen molar-refractivity contribution >= 4 is 22.1 Å². The van der Waals surface area contributed by atoms with Crippen molar-refractivity contribution in [3.63, 3.8) is 0 Å². The smallest absolute Gasteiger partial charge is 0.0626 e. The largest absolute Gasteiger partial charge is 0.398 e. The summed E-state index contributed by atoms with van der Waals surface area (Å²) in [6, 6.07) is 9.95. The summed E-state index contributed by atoms with van der Waals surface area (Å²) >= 11 is 0. The lowest BCUT2D eigenvalue weighted by atomic mass is 10.1. The molecule has 0 saturated heterocycles. The number of aryl methyl sites for hydroxylation is 1. The number of nitrogens with two attached hydrogens (primary N) is 1. The van der Waals surface area contributed by atoms with Crippen molar-refractivity contribution < 1.29 is 0 Å². The maximum absolute atomic E-state index is 6.01. The maximum atomic E-state index is 6.01. The molecule has 106 valence electrons. The summed E-state index contributed by atoms with van der Waals surface area (Å²) in [6.07, 6.45) is 6.41. The van der Waals surface area contributed by atoms with Gasteiger partial charge < -0.3 is 11.1 Å². The van der Waals surface area contributed by atoms with Crippen LogP contribution in [0.1, 0.15) is 18.2 Å². The molecule has 0 amide bonds. The minimum Gasteiger partial charge on any atom is -0.398 e. The van der Waals surface area contributed by atoms with E-state index in [-0.39, 0.29) is 0 Å². The van der Waals surface area contributed by atoms with Crippen molar-refractivity contribution in [2.45, 2.75) is 19.9 Å². The Morgan fingerprint density at radius 3 is 2.86 bits per heavy atom. The molecule has 1 aromatic carbocycles. The molecule has 4 heteroatoms. The summed E-state index contributed by atoms with van der Waals surface area (Å²) in [5, 5.41) is 5.50. The number of benzene rings is 1. The quantitative estimate of drug-likeness (QED) is 0.718. The summed E-state index contributed by atoms with van der Waals surface area (Å²) in [4.78, 5) is 8.65. The molecule has 0 aliphatic carbocycles. The lowest BCUT2D eigenvalue weighted by Crippen LogP contribution is -2.05. The highest BCUT2D eigenvalue weighted by Gasteiger charge is 2.06. The zero-order chi connectivity index (χ0) is 14.7. The average Bonchev–Trinajstić information content (AvgIpc) is 2.55. The Labute approximate surface area is 124 Å². The van der Waals surface area contributed by atoms with Crippen molar-refractivity contribution in [3.05, 3.63) is 60.2 Å². The number of hydrogen-bond donors (Lipinski definition) is 2. The van der Waals surface area contributed by atoms with E-state index in [0.717, 1.165) is 34.3 Å². The number of nitrogens with zero attached hydrogens (tertiary/aromatic N) is 2. The normalized spacial score (nSPS) is 10.7. The van der Waals surface area contributed by atoms with Gasteiger partial charge in [0.15, 0.2) is 0 Å². The molecule has 0 aliphatic heterocycles. The monoisotopic (exact) mass is 278 g/mol. The molecular weight excluding hydrogens is 260 g/mol. The Morgan fingerprint density at radius 2 is 2.00 bits per heavy atom. The van der Waals surface area contributed by atoms with E-state index in [4.69, 9.17) is 5.73 Å². The third kappa shape index (κ3) is 2.65. The van der Waals surface area contributed by atoms with Gasteiger partial charge in [0.1, 0.15) is 0 Å². The van der Waals surface area contributed by atoms with E-state index in [1.165, 1.54) is 5.56 Å². The number of aromatic nitrogens is 2. The van der Waals surface area contributed by atoms with Crippen LogP contribution in [-0.2, 0) is 13.0 Å². The zero-order valence-electron chi connectivity index (χ0n) is 12.0. The van der Waals surface area contributed by atoms with E-state index in [9.17, 15) is 0 Å². The van der Waals surface area contributed by atoms with Crippen LogP contribution in [0.3, 0.4) is 0 Å². The van der Waals surface area contributed by atoms with Gasteiger partial charge in [0.05, 0.1) is 12.2 Å². The number of nitrogen functional groups attached to an aromatic ring is 1. The van der Waals surface area contributed by atoms with Crippen LogP contribution in [0.2, 0.25) is 0 Å². The predicted octanol–water partition coefficient (Wildman–Crippen LogP) is 3.39. The fraction of sp³-hybridized carbons (Fsp3) is 0.176. The van der Waals surface area contributed by atoms with Gasteiger partial charge in [-0.1, -0.05) is 13.0 Å². The van der Waals surface area contributed by atoms with E-state index in [1.807, 2.05) is 36.7 Å². The Hall–Kier alpha value is -2.62. The van der Waals surface area contributed by atoms with E-state index in [1.54, 1.807) is 6.20 Å². The molecule has 0 spiro atoms. The fourth-order valence-corrected chi connectivity index (χ4v) is 2.50. The van der Waals surface area contributed by atoms with Crippen LogP contribution in [0.5, 0.6) is 0 Å². The Kier molecular flexibility index (Phi) is 3.69. The number of pyridine rings is 2. The SMILES string of the molecule is CCc1cccnc1CNc1ccc(N)c2ccncc12. The highest BCUT2D eigenvalue weighted by atomic mass is 14.9. The summed E-state index contributed by atoms with van der Waals surface area (Å²) in [5.41, 5.74) is 10.2. The molecule has 0 bridgehead atoms. The molecule has 0 unspecified atom stereocenters. The average molecular weight is 278 g/mol. The number of rotatable bonds is 4. The first-order valence-corrected chi connectivity index (χ1v) is 7.08. The molecule has 0 atom stereocenters. The molecule has 3 rings (SSSR count). The lowest BCUT2D eigenvalue weighted by molar-refractivity contribution is 0.973. The van der Waals surface area contributed by atoms with Gasteiger partial charge in [-0.25, -0.2) is 0 Å². The van der Waals surface area contributed by atoms with Gasteiger partial charge in [-0.2, -0.15) is 0 Å². The van der Waals surface area contributed by atoms with Crippen LogP contribution in [0.25, 0.3) is 10.8 Å². The Bertz CT molecular complexity index is 768. The van der Waals surface area contributed by atoms with Crippen LogP contribution in [-0.4, -0.2) is 9.97 Å². The second-order valence-electron chi connectivity index (χ2n) is 4.94. The molecule has 2 aromatic heterocycles. The van der Waals surface area contributed by atoms with Crippen LogP contribution in [0.4, 0.5) is 11.4 Å². The van der Waals surface area contributed by atoms with Crippen LogP contribution >= 0.6 is 0 Å². The van der Waals surface area contributed by atoms with Crippen molar-refractivity contribution in [3.8, 4) is 0 Å². The Morgan fingerprint density at radius 1 is 1.10 bits per heavy atom. The van der Waals surface area contributed by atoms with E-state index in [2.05, 4.69) is 28.3 Å². The predicted molar refractivity (Wildman–Crippen MR) is 87.1 cm³/mol. The van der Waals surface area contributed by atoms with Gasteiger partial charge >= 0.3 is 0 Å². The van der Waals surface area contributed by atoms with E-state index >= 15 is 0 Å². The first-order valence-electron chi connectivity index (χ1n) is 7.08. The highest BCUT2D eigenvalue weighted by molar-refractivity contribution is 6.00. The van der Waals surface area contributed by atoms with Crippen LogP contribution in [0, 0.1) is 0 Å². The summed E-state index contributed by atoms with van der Waals surface area (Å²) in [5.74, 6) is 0. The molecule has 0 saturated carbocycles. The van der Waals surface area contributed by atoms with Crippen molar-refractivity contribution in [2.24, 2.45) is 0 Å². The molecule has 2 heterocycles. The van der Waals surface area contributed by atoms with Crippen molar-refractivity contribution in [1.82, 2.24) is 9.97 Å². The minimum atomic E-state index is 0.692. The first kappa shape index (κ1) is 13.4. The molecule has 21 heavy (non-hydrogen) atoms. The number of anilines is 2. The maximum Gasteiger partial charge on any atom is 0.0626 e. The Balaban J connectivity index is 1.91. The van der Waals surface area contributed by atoms with Crippen molar-refractivity contribution in [1.29, 1.82) is 0 Å². The van der Waals surface area contributed by atoms with Gasteiger partial charge in [0, 0.05) is 40.7 Å². The molecule has 3 N–H and O–H groups in total. The third-order valence-electron chi connectivity index (χ3n) is 3.66. The molecular formula is C17H18N4. The zero-order valence-corrected chi connectivity index (χ0v) is 12.0. The second kappa shape index (κ2) is 5.79. The molecule has 0 aliphatic rings. The van der Waals surface area contributed by atoms with Gasteiger partial charge in [0.25, 0.3) is 0 Å². The minimum absolute atomic E-state index is 0.692. The van der Waals surface area contributed by atoms with Gasteiger partial charge in [0.2, 0.25) is 0 Å². The lowest BCUT2D eigenvalue weighted by Gasteiger charge is -2.12. The topological polar surface area (TPSA) is 63.8 Å². The number of fused-ring (bicyclic) bond motifs is 1. The number of nitrogens with one attached hydrogen (secondary N) is 1. The molecule has 4 nitrogen and oxygen atoms in total. The standard InChI is InChI=1S/C17H18N4/c1-2-12-4-3-8-20-17(12)11-21-16-6-5-15(18)13-7-9-19-10-14(13)16/h3-10,21H,2,11,18H2,1H3. The molecule has 0 radical (unpaired) electrons. The molecule has 0 fully saturated rings. The van der Waals surface area contributed by atoms with Crippen LogP contribution in [0.15, 0.2) is 48.9 Å². The summed E-state index contributed by atoms with van der Waals surface area (Å²) < 4.78 is 0. The fourth-order valence-electron chi connectivity index (χ4n) is 2.50. The number of hydrogen-bond acceptors (Lipinski definition) is 4. The summed E-state index contributed by atoms with van der Waals surface area (Å²) in [6.45, 7) is 2.83. The van der Waals surface area contributed by atoms with Gasteiger partial charge in [-0.05, 0) is 36.2 Å². The van der Waals surface area contributed by atoms with E-state index < -0.39 is 0 Å². The van der Waals surface area contributed by atoms with Crippen LogP contribution < -0.4 is 11.1 Å². The second-order valence-corrected chi connectivity index (χ2v) is 4.94. The van der Waals surface area contributed by atoms with Gasteiger partial charge in [-0.3, -0.25) is 9.97 Å². The van der Waals surface area contributed by atoms with Crippen molar-refractivity contribution in [2.75, 3.05) is 11.1 Å². The highest BCUT2D eigenvalue weighted by Crippen LogP contribution is 2.27. The van der Waals surface area contributed by atoms with Gasteiger partial charge in [-0.15, -0.1) is 0 Å². The first-order chi connectivity index (χ1) is 10.3. The summed E-state index contributed by atoms with van der Waals surface area (Å²) in [7, 11) is 0. The van der Waals surface area contributed by atoms with E-state index in [0.29, 0.717) is 6.54 Å². The molecule has 3 aromatic rings. The third-order valence-corrected chi connectivity index (χ3v) is 3.66.